The molecule has 0 spiro atoms. The molecule has 3 rings (SSSR count). The molecule has 0 saturated carbocycles. The number of benzene rings is 1. The van der Waals surface area contributed by atoms with Crippen LogP contribution in [0.15, 0.2) is 35.7 Å². The zero-order chi connectivity index (χ0) is 16.1. The van der Waals surface area contributed by atoms with Crippen LogP contribution in [0.4, 0.5) is 0 Å². The maximum absolute atomic E-state index is 5.54. The number of ether oxygens (including phenoxy) is 1. The first-order chi connectivity index (χ1) is 11.3. The van der Waals surface area contributed by atoms with Crippen LogP contribution in [0.3, 0.4) is 0 Å². The van der Waals surface area contributed by atoms with Gasteiger partial charge in [0, 0.05) is 17.5 Å². The molecule has 2 nitrogen and oxygen atoms in total. The second kappa shape index (κ2) is 9.45. The summed E-state index contributed by atoms with van der Waals surface area (Å²) in [4.78, 5) is 4.21. The third-order valence-corrected chi connectivity index (χ3v) is 5.82. The van der Waals surface area contributed by atoms with Gasteiger partial charge in [0.25, 0.3) is 0 Å². The van der Waals surface area contributed by atoms with Crippen LogP contribution >= 0.6 is 23.7 Å². The SMILES string of the molecule is CCCN(CCc1cccs1)C1CCc2c(cccc2OC)C1.Cl. The van der Waals surface area contributed by atoms with E-state index in [2.05, 4.69) is 47.5 Å². The van der Waals surface area contributed by atoms with Gasteiger partial charge in [0.2, 0.25) is 0 Å². The van der Waals surface area contributed by atoms with Crippen molar-refractivity contribution < 1.29 is 4.74 Å². The number of fused-ring (bicyclic) bond motifs is 1. The first kappa shape index (κ1) is 19.3. The predicted molar refractivity (Wildman–Crippen MR) is 106 cm³/mol. The molecule has 0 fully saturated rings. The van der Waals surface area contributed by atoms with E-state index in [0.717, 1.165) is 18.6 Å². The van der Waals surface area contributed by atoms with E-state index in [1.165, 1.54) is 48.4 Å². The summed E-state index contributed by atoms with van der Waals surface area (Å²) in [7, 11) is 1.78. The summed E-state index contributed by atoms with van der Waals surface area (Å²) >= 11 is 1.88. The van der Waals surface area contributed by atoms with Crippen LogP contribution in [0.5, 0.6) is 5.75 Å². The van der Waals surface area contributed by atoms with Crippen LogP contribution in [0, 0.1) is 0 Å². The second-order valence-electron chi connectivity index (χ2n) is 6.36. The minimum Gasteiger partial charge on any atom is -0.496 e. The molecule has 1 aliphatic rings. The number of hydrogen-bond donors (Lipinski definition) is 0. The van der Waals surface area contributed by atoms with E-state index in [-0.39, 0.29) is 12.4 Å². The normalized spacial score (nSPS) is 16.5. The van der Waals surface area contributed by atoms with Crippen molar-refractivity contribution in [3.63, 3.8) is 0 Å². The zero-order valence-electron chi connectivity index (χ0n) is 14.7. The molecule has 1 heterocycles. The van der Waals surface area contributed by atoms with E-state index in [1.807, 2.05) is 11.3 Å². The molecule has 1 aromatic carbocycles. The molecule has 0 saturated heterocycles. The van der Waals surface area contributed by atoms with Crippen LogP contribution in [-0.4, -0.2) is 31.1 Å². The van der Waals surface area contributed by atoms with E-state index in [0.29, 0.717) is 6.04 Å². The third-order valence-electron chi connectivity index (χ3n) is 4.89. The number of methoxy groups -OCH3 is 1. The summed E-state index contributed by atoms with van der Waals surface area (Å²) in [5.41, 5.74) is 2.92. The lowest BCUT2D eigenvalue weighted by Gasteiger charge is -2.35. The number of hydrogen-bond acceptors (Lipinski definition) is 3. The summed E-state index contributed by atoms with van der Waals surface area (Å²) in [6, 6.07) is 11.6. The summed E-state index contributed by atoms with van der Waals surface area (Å²) in [6.45, 7) is 4.67. The maximum Gasteiger partial charge on any atom is 0.122 e. The Kier molecular flexibility index (Phi) is 7.60. The number of thiophene rings is 1. The molecule has 24 heavy (non-hydrogen) atoms. The first-order valence-corrected chi connectivity index (χ1v) is 9.61. The van der Waals surface area contributed by atoms with Gasteiger partial charge in [0.1, 0.15) is 5.75 Å². The van der Waals surface area contributed by atoms with Crippen molar-refractivity contribution in [1.82, 2.24) is 4.90 Å². The Bertz CT molecular complexity index is 614. The van der Waals surface area contributed by atoms with E-state index in [9.17, 15) is 0 Å². The largest absolute Gasteiger partial charge is 0.496 e. The van der Waals surface area contributed by atoms with Crippen LogP contribution in [-0.2, 0) is 19.3 Å². The highest BCUT2D eigenvalue weighted by atomic mass is 35.5. The van der Waals surface area contributed by atoms with Gasteiger partial charge in [0.05, 0.1) is 7.11 Å². The highest BCUT2D eigenvalue weighted by Crippen LogP contribution is 2.31. The maximum atomic E-state index is 5.54. The molecule has 1 aliphatic carbocycles. The molecule has 132 valence electrons. The number of nitrogens with zero attached hydrogens (tertiary/aromatic N) is 1. The van der Waals surface area contributed by atoms with E-state index >= 15 is 0 Å². The topological polar surface area (TPSA) is 12.5 Å². The molecule has 0 aliphatic heterocycles. The minimum atomic E-state index is 0. The molecule has 0 bridgehead atoms. The van der Waals surface area contributed by atoms with Crippen molar-refractivity contribution >= 4 is 23.7 Å². The fraction of sp³-hybridized carbons (Fsp3) is 0.500. The fourth-order valence-electron chi connectivity index (χ4n) is 3.73. The van der Waals surface area contributed by atoms with Crippen molar-refractivity contribution in [2.24, 2.45) is 0 Å². The molecule has 2 aromatic rings. The Morgan fingerprint density at radius 1 is 1.21 bits per heavy atom. The van der Waals surface area contributed by atoms with Gasteiger partial charge in [-0.1, -0.05) is 25.1 Å². The Balaban J connectivity index is 0.00000208. The Morgan fingerprint density at radius 2 is 2.08 bits per heavy atom. The molecular weight excluding hydrogens is 338 g/mol. The van der Waals surface area contributed by atoms with Crippen molar-refractivity contribution in [2.75, 3.05) is 20.2 Å². The summed E-state index contributed by atoms with van der Waals surface area (Å²) in [6.07, 6.45) is 5.96. The summed E-state index contributed by atoms with van der Waals surface area (Å²) in [5.74, 6) is 1.07. The van der Waals surface area contributed by atoms with E-state index < -0.39 is 0 Å². The molecule has 0 N–H and O–H groups in total. The van der Waals surface area contributed by atoms with E-state index in [4.69, 9.17) is 4.74 Å². The van der Waals surface area contributed by atoms with Crippen molar-refractivity contribution in [3.05, 3.63) is 51.7 Å². The molecule has 1 atom stereocenters. The van der Waals surface area contributed by atoms with Gasteiger partial charge in [-0.3, -0.25) is 4.90 Å². The fourth-order valence-corrected chi connectivity index (χ4v) is 4.43. The van der Waals surface area contributed by atoms with Crippen LogP contribution in [0.2, 0.25) is 0 Å². The standard InChI is InChI=1S/C20H27NOS.ClH/c1-3-12-21(13-11-18-7-5-14-23-18)17-9-10-19-16(15-17)6-4-8-20(19)22-2;/h4-8,14,17H,3,9-13,15H2,1-2H3;1H. The average Bonchev–Trinajstić information content (AvgIpc) is 3.11. The van der Waals surface area contributed by atoms with Gasteiger partial charge < -0.3 is 4.74 Å². The highest BCUT2D eigenvalue weighted by molar-refractivity contribution is 7.09. The van der Waals surface area contributed by atoms with Crippen molar-refractivity contribution in [3.8, 4) is 5.75 Å². The summed E-state index contributed by atoms with van der Waals surface area (Å²) < 4.78 is 5.54. The highest BCUT2D eigenvalue weighted by Gasteiger charge is 2.25. The van der Waals surface area contributed by atoms with Crippen LogP contribution < -0.4 is 4.74 Å². The van der Waals surface area contributed by atoms with Gasteiger partial charge in [-0.15, -0.1) is 23.7 Å². The first-order valence-electron chi connectivity index (χ1n) is 8.73. The lowest BCUT2D eigenvalue weighted by molar-refractivity contribution is 0.181. The summed E-state index contributed by atoms with van der Waals surface area (Å²) in [5, 5.41) is 2.18. The minimum absolute atomic E-state index is 0. The average molecular weight is 366 g/mol. The quantitative estimate of drug-likeness (QED) is 0.685. The molecule has 0 amide bonds. The third kappa shape index (κ3) is 4.53. The van der Waals surface area contributed by atoms with E-state index in [1.54, 1.807) is 7.11 Å². The molecule has 1 aromatic heterocycles. The van der Waals surface area contributed by atoms with Crippen LogP contribution in [0.25, 0.3) is 0 Å². The second-order valence-corrected chi connectivity index (χ2v) is 7.39. The molecule has 0 radical (unpaired) electrons. The Hall–Kier alpha value is -1.03. The predicted octanol–water partition coefficient (Wildman–Crippen LogP) is 4.99. The number of rotatable bonds is 7. The van der Waals surface area contributed by atoms with Gasteiger partial charge in [0.15, 0.2) is 0 Å². The van der Waals surface area contributed by atoms with Gasteiger partial charge in [-0.2, -0.15) is 0 Å². The smallest absolute Gasteiger partial charge is 0.122 e. The zero-order valence-corrected chi connectivity index (χ0v) is 16.3. The monoisotopic (exact) mass is 365 g/mol. The van der Waals surface area contributed by atoms with Crippen molar-refractivity contribution in [2.45, 2.75) is 45.1 Å². The van der Waals surface area contributed by atoms with Crippen LogP contribution in [0.1, 0.15) is 35.8 Å². The molecular formula is C20H28ClNOS. The lowest BCUT2D eigenvalue weighted by atomic mass is 9.86. The molecule has 1 unspecified atom stereocenters. The lowest BCUT2D eigenvalue weighted by Crippen LogP contribution is -2.41. The Morgan fingerprint density at radius 3 is 2.79 bits per heavy atom. The molecule has 4 heteroatoms. The Labute approximate surface area is 156 Å². The van der Waals surface area contributed by atoms with Gasteiger partial charge in [-0.05, 0) is 67.3 Å². The van der Waals surface area contributed by atoms with Crippen molar-refractivity contribution in [1.29, 1.82) is 0 Å². The van der Waals surface area contributed by atoms with Gasteiger partial charge in [-0.25, -0.2) is 0 Å². The number of halogens is 1. The van der Waals surface area contributed by atoms with Gasteiger partial charge >= 0.3 is 0 Å².